The average molecular weight is 503 g/mol. The van der Waals surface area contributed by atoms with Crippen LogP contribution in [0.15, 0.2) is 54.7 Å². The van der Waals surface area contributed by atoms with Crippen molar-refractivity contribution in [3.63, 3.8) is 0 Å². The third-order valence-electron chi connectivity index (χ3n) is 7.14. The molecule has 2 heterocycles. The van der Waals surface area contributed by atoms with Crippen molar-refractivity contribution in [3.8, 4) is 11.5 Å². The Kier molecular flexibility index (Phi) is 7.17. The van der Waals surface area contributed by atoms with Gasteiger partial charge in [0, 0.05) is 30.5 Å². The van der Waals surface area contributed by atoms with Crippen LogP contribution in [0.4, 0.5) is 5.69 Å². The van der Waals surface area contributed by atoms with Gasteiger partial charge in [-0.2, -0.15) is 5.10 Å². The van der Waals surface area contributed by atoms with Crippen LogP contribution in [0.3, 0.4) is 0 Å². The van der Waals surface area contributed by atoms with Crippen LogP contribution in [-0.2, 0) is 16.6 Å². The lowest BCUT2D eigenvalue weighted by Gasteiger charge is -2.36. The molecule has 2 atom stereocenters. The van der Waals surface area contributed by atoms with E-state index in [1.54, 1.807) is 15.6 Å². The lowest BCUT2D eigenvalue weighted by Crippen LogP contribution is -2.52. The van der Waals surface area contributed by atoms with E-state index in [0.717, 1.165) is 31.2 Å². The number of nitrogens with zero attached hydrogens (tertiary/aromatic N) is 3. The molecule has 5 rings (SSSR count). The van der Waals surface area contributed by atoms with Crippen molar-refractivity contribution in [1.82, 2.24) is 15.1 Å². The number of ether oxygens (including phenoxy) is 2. The molecule has 8 nitrogen and oxygen atoms in total. The molecule has 2 amide bonds. The molecule has 0 spiro atoms. The summed E-state index contributed by atoms with van der Waals surface area (Å²) in [6.45, 7) is 3.91. The predicted molar refractivity (Wildman–Crippen MR) is 141 cm³/mol. The minimum absolute atomic E-state index is 0.0567. The second-order valence-corrected chi connectivity index (χ2v) is 10.00. The van der Waals surface area contributed by atoms with Crippen LogP contribution < -0.4 is 19.7 Å². The number of amides is 2. The van der Waals surface area contributed by atoms with Crippen molar-refractivity contribution in [3.05, 3.63) is 71.5 Å². The molecule has 3 aromatic rings. The van der Waals surface area contributed by atoms with E-state index < -0.39 is 12.1 Å². The third-order valence-corrected chi connectivity index (χ3v) is 7.14. The van der Waals surface area contributed by atoms with Gasteiger partial charge in [-0.05, 0) is 51.0 Å². The number of hydrogen-bond acceptors (Lipinski definition) is 5. The first-order valence-corrected chi connectivity index (χ1v) is 13.0. The maximum absolute atomic E-state index is 14.2. The highest BCUT2D eigenvalue weighted by Crippen LogP contribution is 2.35. The van der Waals surface area contributed by atoms with E-state index >= 15 is 0 Å². The van der Waals surface area contributed by atoms with E-state index in [1.807, 2.05) is 69.6 Å². The number of aromatic nitrogens is 2. The minimum atomic E-state index is -0.911. The summed E-state index contributed by atoms with van der Waals surface area (Å²) in [5, 5.41) is 7.74. The summed E-state index contributed by atoms with van der Waals surface area (Å²) in [5.74, 6) is 0.555. The van der Waals surface area contributed by atoms with Gasteiger partial charge in [-0.15, -0.1) is 0 Å². The molecule has 1 aliphatic carbocycles. The lowest BCUT2D eigenvalue weighted by molar-refractivity contribution is -0.132. The Hall–Kier alpha value is -3.81. The summed E-state index contributed by atoms with van der Waals surface area (Å²) in [5.41, 5.74) is 3.05. The van der Waals surface area contributed by atoms with E-state index in [0.29, 0.717) is 28.4 Å². The normalized spacial score (nSPS) is 18.2. The summed E-state index contributed by atoms with van der Waals surface area (Å²) in [6, 6.07) is 14.1. The first kappa shape index (κ1) is 24.9. The van der Waals surface area contributed by atoms with Crippen molar-refractivity contribution < 1.29 is 19.1 Å². The lowest BCUT2D eigenvalue weighted by atomic mass is 9.94. The number of para-hydroxylation sites is 2. The molecule has 2 aliphatic rings. The highest BCUT2D eigenvalue weighted by Gasteiger charge is 2.41. The first-order valence-electron chi connectivity index (χ1n) is 13.0. The van der Waals surface area contributed by atoms with Crippen molar-refractivity contribution in [2.24, 2.45) is 7.05 Å². The Balaban J connectivity index is 1.55. The SMILES string of the molecule is Cc1ccc(N(C(=O)[C@@H]2COc3ccccc3O2)[C@@H](C(=O)NC2CCCCC2)c2cn(C)nc2C)cc1. The van der Waals surface area contributed by atoms with E-state index in [4.69, 9.17) is 9.47 Å². The van der Waals surface area contributed by atoms with Crippen LogP contribution in [0.1, 0.15) is 55.0 Å². The number of benzene rings is 2. The summed E-state index contributed by atoms with van der Waals surface area (Å²) >= 11 is 0. The van der Waals surface area contributed by atoms with E-state index in [9.17, 15) is 9.59 Å². The number of carbonyl (C=O) groups is 2. The molecule has 0 radical (unpaired) electrons. The van der Waals surface area contributed by atoms with Crippen LogP contribution in [0.2, 0.25) is 0 Å². The maximum Gasteiger partial charge on any atom is 0.272 e. The number of carbonyl (C=O) groups excluding carboxylic acids is 2. The fourth-order valence-corrected chi connectivity index (χ4v) is 5.22. The topological polar surface area (TPSA) is 85.7 Å². The molecule has 194 valence electrons. The second-order valence-electron chi connectivity index (χ2n) is 10.00. The minimum Gasteiger partial charge on any atom is -0.485 e. The fraction of sp³-hybridized carbons (Fsp3) is 0.414. The zero-order valence-corrected chi connectivity index (χ0v) is 21.6. The van der Waals surface area contributed by atoms with Crippen LogP contribution >= 0.6 is 0 Å². The molecule has 0 bridgehead atoms. The molecule has 0 unspecified atom stereocenters. The van der Waals surface area contributed by atoms with Gasteiger partial charge in [0.25, 0.3) is 5.91 Å². The molecule has 2 aromatic carbocycles. The molecule has 0 saturated heterocycles. The third kappa shape index (κ3) is 5.33. The van der Waals surface area contributed by atoms with Crippen molar-refractivity contribution >= 4 is 17.5 Å². The van der Waals surface area contributed by atoms with Crippen molar-refractivity contribution in [2.75, 3.05) is 11.5 Å². The quantitative estimate of drug-likeness (QED) is 0.540. The standard InChI is InChI=1S/C29H34N4O4/c1-19-13-15-22(16-14-19)33(29(35)26-18-36-24-11-7-8-12-25(24)37-26)27(23-17-32(3)31-20(23)2)28(34)30-21-9-5-4-6-10-21/h7-8,11-17,21,26-27H,4-6,9-10,18H2,1-3H3,(H,30,34)/t26-,27+/m0/s1. The van der Waals surface area contributed by atoms with E-state index in [-0.39, 0.29) is 24.5 Å². The van der Waals surface area contributed by atoms with Crippen LogP contribution in [0.5, 0.6) is 11.5 Å². The number of aryl methyl sites for hydroxylation is 3. The molecule has 8 heteroatoms. The van der Waals surface area contributed by atoms with Gasteiger partial charge < -0.3 is 14.8 Å². The predicted octanol–water partition coefficient (Wildman–Crippen LogP) is 4.40. The van der Waals surface area contributed by atoms with Gasteiger partial charge in [-0.1, -0.05) is 49.1 Å². The van der Waals surface area contributed by atoms with E-state index in [2.05, 4.69) is 10.4 Å². The first-order chi connectivity index (χ1) is 17.9. The average Bonchev–Trinajstić information content (AvgIpc) is 3.24. The monoisotopic (exact) mass is 502 g/mol. The Morgan fingerprint density at radius 3 is 2.41 bits per heavy atom. The van der Waals surface area contributed by atoms with Gasteiger partial charge in [0.15, 0.2) is 11.5 Å². The smallest absolute Gasteiger partial charge is 0.272 e. The van der Waals surface area contributed by atoms with Gasteiger partial charge in [0.05, 0.1) is 5.69 Å². The van der Waals surface area contributed by atoms with Gasteiger partial charge in [-0.3, -0.25) is 19.2 Å². The Labute approximate surface area is 217 Å². The van der Waals surface area contributed by atoms with Gasteiger partial charge in [-0.25, -0.2) is 0 Å². The highest BCUT2D eigenvalue weighted by molar-refractivity contribution is 6.03. The second kappa shape index (κ2) is 10.7. The summed E-state index contributed by atoms with van der Waals surface area (Å²) in [7, 11) is 1.82. The summed E-state index contributed by atoms with van der Waals surface area (Å²) in [6.07, 6.45) is 6.18. The van der Waals surface area contributed by atoms with Crippen LogP contribution in [-0.4, -0.2) is 40.3 Å². The fourth-order valence-electron chi connectivity index (χ4n) is 5.22. The zero-order chi connectivity index (χ0) is 25.9. The Bertz CT molecular complexity index is 1260. The molecule has 37 heavy (non-hydrogen) atoms. The van der Waals surface area contributed by atoms with Crippen LogP contribution in [0.25, 0.3) is 0 Å². The van der Waals surface area contributed by atoms with Gasteiger partial charge >= 0.3 is 0 Å². The molecule has 1 N–H and O–H groups in total. The van der Waals surface area contributed by atoms with Gasteiger partial charge in [0.2, 0.25) is 12.0 Å². The maximum atomic E-state index is 14.2. The zero-order valence-electron chi connectivity index (χ0n) is 21.6. The van der Waals surface area contributed by atoms with Crippen molar-refractivity contribution in [2.45, 2.75) is 64.1 Å². The molecular formula is C29H34N4O4. The number of fused-ring (bicyclic) bond motifs is 1. The number of rotatable bonds is 6. The molecular weight excluding hydrogens is 468 g/mol. The van der Waals surface area contributed by atoms with Crippen molar-refractivity contribution in [1.29, 1.82) is 0 Å². The largest absolute Gasteiger partial charge is 0.485 e. The number of nitrogens with one attached hydrogen (secondary N) is 1. The summed E-state index contributed by atoms with van der Waals surface area (Å²) in [4.78, 5) is 29.8. The molecule has 1 aliphatic heterocycles. The van der Waals surface area contributed by atoms with Crippen LogP contribution in [0, 0.1) is 13.8 Å². The van der Waals surface area contributed by atoms with Gasteiger partial charge in [0.1, 0.15) is 12.6 Å². The number of anilines is 1. The number of hydrogen-bond donors (Lipinski definition) is 1. The Morgan fingerprint density at radius 1 is 1.03 bits per heavy atom. The summed E-state index contributed by atoms with van der Waals surface area (Å²) < 4.78 is 13.7. The molecule has 1 fully saturated rings. The highest BCUT2D eigenvalue weighted by atomic mass is 16.6. The molecule has 1 saturated carbocycles. The molecule has 1 aromatic heterocycles. The van der Waals surface area contributed by atoms with E-state index in [1.165, 1.54) is 6.42 Å². The Morgan fingerprint density at radius 2 is 1.73 bits per heavy atom.